The van der Waals surface area contributed by atoms with E-state index in [1.54, 1.807) is 0 Å². The molecule has 7 heteroatoms. The highest BCUT2D eigenvalue weighted by molar-refractivity contribution is 7.89. The molecule has 0 aromatic carbocycles. The van der Waals surface area contributed by atoms with Crippen LogP contribution in [0.2, 0.25) is 0 Å². The number of hydrogen-bond acceptors (Lipinski definition) is 4. The third kappa shape index (κ3) is 2.88. The van der Waals surface area contributed by atoms with Crippen molar-refractivity contribution in [3.05, 3.63) is 5.82 Å². The normalized spacial score (nSPS) is 22.4. The average Bonchev–Trinajstić information content (AvgIpc) is 3.07. The van der Waals surface area contributed by atoms with Gasteiger partial charge in [0.1, 0.15) is 5.82 Å². The third-order valence-corrected chi connectivity index (χ3v) is 5.12. The second-order valence-corrected chi connectivity index (χ2v) is 7.48. The van der Waals surface area contributed by atoms with Crippen molar-refractivity contribution in [2.45, 2.75) is 74.9 Å². The largest absolute Gasteiger partial charge is 0.297 e. The molecule has 20 heavy (non-hydrogen) atoms. The van der Waals surface area contributed by atoms with Gasteiger partial charge >= 0.3 is 0 Å². The van der Waals surface area contributed by atoms with E-state index >= 15 is 0 Å². The first-order valence-corrected chi connectivity index (χ1v) is 9.09. The Hall–Kier alpha value is -0.950. The number of hydrogen-bond donors (Lipinski definition) is 1. The molecule has 2 fully saturated rings. The minimum atomic E-state index is -3.78. The third-order valence-electron chi connectivity index (χ3n) is 4.33. The van der Waals surface area contributed by atoms with E-state index in [9.17, 15) is 8.42 Å². The highest BCUT2D eigenvalue weighted by atomic mass is 32.2. The smallest absolute Gasteiger partial charge is 0.273 e. The van der Waals surface area contributed by atoms with Crippen LogP contribution in [0.5, 0.6) is 0 Å². The van der Waals surface area contributed by atoms with Crippen LogP contribution in [0, 0.1) is 0 Å². The molecule has 0 atom stereocenters. The summed E-state index contributed by atoms with van der Waals surface area (Å²) in [6, 6.07) is 0.235. The van der Waals surface area contributed by atoms with E-state index in [2.05, 4.69) is 10.2 Å². The van der Waals surface area contributed by atoms with Crippen LogP contribution in [0.3, 0.4) is 0 Å². The Kier molecular flexibility index (Phi) is 3.81. The van der Waals surface area contributed by atoms with Gasteiger partial charge in [-0.05, 0) is 25.7 Å². The Balaban J connectivity index is 1.94. The van der Waals surface area contributed by atoms with Crippen LogP contribution in [0.25, 0.3) is 0 Å². The number of primary sulfonamides is 1. The van der Waals surface area contributed by atoms with E-state index in [0.29, 0.717) is 5.92 Å². The first-order valence-electron chi connectivity index (χ1n) is 7.55. The molecule has 0 amide bonds. The highest BCUT2D eigenvalue weighted by Crippen LogP contribution is 2.40. The minimum absolute atomic E-state index is 0.0444. The number of sulfonamides is 1. The van der Waals surface area contributed by atoms with Gasteiger partial charge in [-0.1, -0.05) is 32.1 Å². The SMILES string of the molecule is NS(=O)(=O)c1nnc(C2CCCCCCC2)n1C1CC1. The van der Waals surface area contributed by atoms with Crippen molar-refractivity contribution in [2.75, 3.05) is 0 Å². The van der Waals surface area contributed by atoms with Gasteiger partial charge in [-0.25, -0.2) is 13.6 Å². The predicted molar refractivity (Wildman–Crippen MR) is 74.7 cm³/mol. The van der Waals surface area contributed by atoms with Gasteiger partial charge in [-0.3, -0.25) is 4.57 Å². The van der Waals surface area contributed by atoms with Crippen LogP contribution in [0.4, 0.5) is 0 Å². The summed E-state index contributed by atoms with van der Waals surface area (Å²) in [5.41, 5.74) is 0. The molecular weight excluding hydrogens is 276 g/mol. The van der Waals surface area contributed by atoms with Crippen LogP contribution in [-0.4, -0.2) is 23.2 Å². The topological polar surface area (TPSA) is 90.9 Å². The maximum atomic E-state index is 11.7. The Morgan fingerprint density at radius 1 is 0.950 bits per heavy atom. The lowest BCUT2D eigenvalue weighted by Crippen LogP contribution is -2.20. The van der Waals surface area contributed by atoms with Crippen LogP contribution in [-0.2, 0) is 10.0 Å². The molecule has 1 aromatic heterocycles. The number of rotatable bonds is 3. The summed E-state index contributed by atoms with van der Waals surface area (Å²) >= 11 is 0. The fourth-order valence-corrected chi connectivity index (χ4v) is 3.82. The molecular formula is C13H22N4O2S. The van der Waals surface area contributed by atoms with E-state index in [1.807, 2.05) is 4.57 Å². The van der Waals surface area contributed by atoms with Gasteiger partial charge in [-0.15, -0.1) is 10.2 Å². The van der Waals surface area contributed by atoms with Gasteiger partial charge < -0.3 is 0 Å². The Bertz CT molecular complexity index is 569. The van der Waals surface area contributed by atoms with Crippen molar-refractivity contribution in [2.24, 2.45) is 5.14 Å². The van der Waals surface area contributed by atoms with Gasteiger partial charge in [0.2, 0.25) is 0 Å². The zero-order valence-electron chi connectivity index (χ0n) is 11.7. The first kappa shape index (κ1) is 14.0. The molecule has 2 aliphatic carbocycles. The van der Waals surface area contributed by atoms with E-state index in [1.165, 1.54) is 32.1 Å². The zero-order valence-corrected chi connectivity index (χ0v) is 12.5. The molecule has 0 radical (unpaired) electrons. The Morgan fingerprint density at radius 2 is 1.55 bits per heavy atom. The van der Waals surface area contributed by atoms with Crippen LogP contribution >= 0.6 is 0 Å². The Labute approximate surface area is 119 Å². The second-order valence-electron chi connectivity index (χ2n) is 6.03. The molecule has 0 spiro atoms. The summed E-state index contributed by atoms with van der Waals surface area (Å²) in [5, 5.41) is 13.3. The summed E-state index contributed by atoms with van der Waals surface area (Å²) in [6.07, 6.45) is 10.4. The minimum Gasteiger partial charge on any atom is -0.297 e. The molecule has 0 unspecified atom stereocenters. The van der Waals surface area contributed by atoms with Gasteiger partial charge in [-0.2, -0.15) is 0 Å². The van der Waals surface area contributed by atoms with E-state index in [0.717, 1.165) is 31.5 Å². The monoisotopic (exact) mass is 298 g/mol. The first-order chi connectivity index (χ1) is 9.57. The lowest BCUT2D eigenvalue weighted by atomic mass is 9.90. The maximum Gasteiger partial charge on any atom is 0.273 e. The lowest BCUT2D eigenvalue weighted by Gasteiger charge is -2.20. The molecule has 0 saturated heterocycles. The average molecular weight is 298 g/mol. The molecule has 112 valence electrons. The number of nitrogens with zero attached hydrogens (tertiary/aromatic N) is 3. The summed E-state index contributed by atoms with van der Waals surface area (Å²) in [4.78, 5) is 0. The van der Waals surface area contributed by atoms with E-state index < -0.39 is 10.0 Å². The van der Waals surface area contributed by atoms with E-state index in [-0.39, 0.29) is 11.2 Å². The summed E-state index contributed by atoms with van der Waals surface area (Å²) < 4.78 is 25.1. The molecule has 3 rings (SSSR count). The van der Waals surface area contributed by atoms with Crippen LogP contribution in [0.15, 0.2) is 5.16 Å². The molecule has 0 bridgehead atoms. The highest BCUT2D eigenvalue weighted by Gasteiger charge is 2.35. The van der Waals surface area contributed by atoms with Crippen LogP contribution < -0.4 is 5.14 Å². The van der Waals surface area contributed by atoms with Gasteiger partial charge in [0.25, 0.3) is 15.2 Å². The maximum absolute atomic E-state index is 11.7. The van der Waals surface area contributed by atoms with Crippen molar-refractivity contribution in [3.63, 3.8) is 0 Å². The fraction of sp³-hybridized carbons (Fsp3) is 0.846. The predicted octanol–water partition coefficient (Wildman–Crippen LogP) is 2.09. The molecule has 1 aromatic rings. The standard InChI is InChI=1S/C13H22N4O2S/c14-20(18,19)13-16-15-12(17(13)11-8-9-11)10-6-4-2-1-3-5-7-10/h10-11H,1-9H2,(H2,14,18,19). The van der Waals surface area contributed by atoms with Crippen LogP contribution in [0.1, 0.15) is 75.6 Å². The summed E-state index contributed by atoms with van der Waals surface area (Å²) in [5.74, 6) is 1.18. The molecule has 0 aliphatic heterocycles. The van der Waals surface area contributed by atoms with Gasteiger partial charge in [0, 0.05) is 12.0 Å². The number of aromatic nitrogens is 3. The second kappa shape index (κ2) is 5.44. The fourth-order valence-electron chi connectivity index (χ4n) is 3.15. The molecule has 2 N–H and O–H groups in total. The van der Waals surface area contributed by atoms with Crippen molar-refractivity contribution in [1.82, 2.24) is 14.8 Å². The van der Waals surface area contributed by atoms with Gasteiger partial charge in [0.15, 0.2) is 0 Å². The summed E-state index contributed by atoms with van der Waals surface area (Å²) in [6.45, 7) is 0. The molecule has 1 heterocycles. The molecule has 2 aliphatic rings. The van der Waals surface area contributed by atoms with Crippen molar-refractivity contribution >= 4 is 10.0 Å². The Morgan fingerprint density at radius 3 is 2.10 bits per heavy atom. The van der Waals surface area contributed by atoms with Gasteiger partial charge in [0.05, 0.1) is 0 Å². The van der Waals surface area contributed by atoms with Crippen molar-refractivity contribution in [1.29, 1.82) is 0 Å². The summed E-state index contributed by atoms with van der Waals surface area (Å²) in [7, 11) is -3.78. The molecule has 6 nitrogen and oxygen atoms in total. The zero-order chi connectivity index (χ0) is 14.2. The quantitative estimate of drug-likeness (QED) is 0.925. The van der Waals surface area contributed by atoms with Crippen molar-refractivity contribution in [3.8, 4) is 0 Å². The number of nitrogens with two attached hydrogens (primary N) is 1. The lowest BCUT2D eigenvalue weighted by molar-refractivity contribution is 0.425. The van der Waals surface area contributed by atoms with Crippen molar-refractivity contribution < 1.29 is 8.42 Å². The van der Waals surface area contributed by atoms with E-state index in [4.69, 9.17) is 5.14 Å². The molecule has 2 saturated carbocycles.